The van der Waals surface area contributed by atoms with Crippen LogP contribution in [0.1, 0.15) is 46.5 Å². The van der Waals surface area contributed by atoms with Crippen molar-refractivity contribution in [3.63, 3.8) is 0 Å². The van der Waals surface area contributed by atoms with Gasteiger partial charge in [-0.2, -0.15) is 0 Å². The summed E-state index contributed by atoms with van der Waals surface area (Å²) in [6.45, 7) is 8.20. The molecule has 0 aromatic rings. The van der Waals surface area contributed by atoms with Gasteiger partial charge in [-0.3, -0.25) is 9.59 Å². The second-order valence-electron chi connectivity index (χ2n) is 5.93. The van der Waals surface area contributed by atoms with E-state index in [0.717, 1.165) is 19.4 Å². The number of carbonyl (C=O) groups excluding carboxylic acids is 1. The summed E-state index contributed by atoms with van der Waals surface area (Å²) in [6.07, 6.45) is 2.55. The maximum atomic E-state index is 12.7. The van der Waals surface area contributed by atoms with Crippen molar-refractivity contribution in [2.24, 2.45) is 5.41 Å². The largest absolute Gasteiger partial charge is 0.481 e. The zero-order valence-corrected chi connectivity index (χ0v) is 12.2. The molecule has 1 rings (SSSR count). The molecule has 0 saturated carbocycles. The van der Waals surface area contributed by atoms with Gasteiger partial charge in [0.05, 0.1) is 5.41 Å². The van der Waals surface area contributed by atoms with Crippen LogP contribution in [0, 0.1) is 5.41 Å². The molecule has 1 unspecified atom stereocenters. The Labute approximate surface area is 115 Å². The SMILES string of the molecule is CC(C)N(CCCC(=O)O)C(=O)C1(C)CCCNC1. The van der Waals surface area contributed by atoms with Crippen molar-refractivity contribution < 1.29 is 14.7 Å². The molecule has 5 nitrogen and oxygen atoms in total. The molecule has 0 bridgehead atoms. The van der Waals surface area contributed by atoms with Crippen LogP contribution in [0.5, 0.6) is 0 Å². The summed E-state index contributed by atoms with van der Waals surface area (Å²) in [4.78, 5) is 25.1. The van der Waals surface area contributed by atoms with Crippen molar-refractivity contribution in [3.8, 4) is 0 Å². The Kier molecular flexibility index (Phi) is 5.79. The van der Waals surface area contributed by atoms with Crippen molar-refractivity contribution in [2.45, 2.75) is 52.5 Å². The van der Waals surface area contributed by atoms with E-state index in [9.17, 15) is 9.59 Å². The molecule has 19 heavy (non-hydrogen) atoms. The third kappa shape index (κ3) is 4.49. The molecule has 0 radical (unpaired) electrons. The molecule has 2 N–H and O–H groups in total. The second kappa shape index (κ2) is 6.89. The van der Waals surface area contributed by atoms with Gasteiger partial charge in [0.15, 0.2) is 0 Å². The summed E-state index contributed by atoms with van der Waals surface area (Å²) in [7, 11) is 0. The highest BCUT2D eigenvalue weighted by Gasteiger charge is 2.38. The fraction of sp³-hybridized carbons (Fsp3) is 0.857. The molecule has 0 aromatic carbocycles. The van der Waals surface area contributed by atoms with E-state index in [2.05, 4.69) is 5.32 Å². The van der Waals surface area contributed by atoms with Gasteiger partial charge in [0.2, 0.25) is 5.91 Å². The number of carboxylic acids is 1. The molecular weight excluding hydrogens is 244 g/mol. The lowest BCUT2D eigenvalue weighted by Crippen LogP contribution is -2.52. The van der Waals surface area contributed by atoms with Crippen molar-refractivity contribution in [3.05, 3.63) is 0 Å². The summed E-state index contributed by atoms with van der Waals surface area (Å²) in [5.74, 6) is -0.651. The van der Waals surface area contributed by atoms with E-state index in [1.807, 2.05) is 25.7 Å². The molecule has 1 fully saturated rings. The van der Waals surface area contributed by atoms with Gasteiger partial charge in [-0.05, 0) is 46.6 Å². The van der Waals surface area contributed by atoms with E-state index in [-0.39, 0.29) is 23.8 Å². The minimum Gasteiger partial charge on any atom is -0.481 e. The third-order valence-corrected chi connectivity index (χ3v) is 3.79. The average molecular weight is 270 g/mol. The van der Waals surface area contributed by atoms with Crippen molar-refractivity contribution in [1.82, 2.24) is 10.2 Å². The van der Waals surface area contributed by atoms with Crippen LogP contribution in [-0.2, 0) is 9.59 Å². The highest BCUT2D eigenvalue weighted by molar-refractivity contribution is 5.83. The minimum absolute atomic E-state index is 0.111. The van der Waals surface area contributed by atoms with Gasteiger partial charge < -0.3 is 15.3 Å². The molecule has 110 valence electrons. The van der Waals surface area contributed by atoms with Gasteiger partial charge in [-0.25, -0.2) is 0 Å². The van der Waals surface area contributed by atoms with Crippen molar-refractivity contribution in [1.29, 1.82) is 0 Å². The quantitative estimate of drug-likeness (QED) is 0.767. The monoisotopic (exact) mass is 270 g/mol. The number of aliphatic carboxylic acids is 1. The smallest absolute Gasteiger partial charge is 0.303 e. The van der Waals surface area contributed by atoms with Crippen LogP contribution in [0.2, 0.25) is 0 Å². The van der Waals surface area contributed by atoms with E-state index in [0.29, 0.717) is 19.5 Å². The molecular formula is C14H26N2O3. The second-order valence-corrected chi connectivity index (χ2v) is 5.93. The average Bonchev–Trinajstić information content (AvgIpc) is 2.34. The predicted octanol–water partition coefficient (Wildman–Crippen LogP) is 1.48. The number of carbonyl (C=O) groups is 2. The minimum atomic E-state index is -0.804. The Balaban J connectivity index is 2.63. The van der Waals surface area contributed by atoms with E-state index < -0.39 is 5.97 Å². The Morgan fingerprint density at radius 3 is 2.58 bits per heavy atom. The molecule has 1 amide bonds. The highest BCUT2D eigenvalue weighted by atomic mass is 16.4. The fourth-order valence-electron chi connectivity index (χ4n) is 2.58. The number of piperidine rings is 1. The Bertz CT molecular complexity index is 323. The van der Waals surface area contributed by atoms with Crippen molar-refractivity contribution in [2.75, 3.05) is 19.6 Å². The highest BCUT2D eigenvalue weighted by Crippen LogP contribution is 2.29. The van der Waals surface area contributed by atoms with E-state index in [4.69, 9.17) is 5.11 Å². The number of hydrogen-bond acceptors (Lipinski definition) is 3. The molecule has 0 spiro atoms. The van der Waals surface area contributed by atoms with Gasteiger partial charge in [0.25, 0.3) is 0 Å². The molecule has 1 aliphatic rings. The first kappa shape index (κ1) is 16.0. The first-order valence-electron chi connectivity index (χ1n) is 7.10. The molecule has 1 heterocycles. The van der Waals surface area contributed by atoms with E-state index >= 15 is 0 Å². The van der Waals surface area contributed by atoms with E-state index in [1.165, 1.54) is 0 Å². The number of nitrogens with one attached hydrogen (secondary N) is 1. The summed E-state index contributed by atoms with van der Waals surface area (Å²) < 4.78 is 0. The van der Waals surface area contributed by atoms with Gasteiger partial charge >= 0.3 is 5.97 Å². The number of hydrogen-bond donors (Lipinski definition) is 2. The van der Waals surface area contributed by atoms with Gasteiger partial charge in [0.1, 0.15) is 0 Å². The van der Waals surface area contributed by atoms with Crippen LogP contribution in [0.15, 0.2) is 0 Å². The molecule has 0 aliphatic carbocycles. The van der Waals surface area contributed by atoms with Gasteiger partial charge in [-0.15, -0.1) is 0 Å². The first-order valence-corrected chi connectivity index (χ1v) is 7.10. The molecule has 5 heteroatoms. The van der Waals surface area contributed by atoms with Crippen LogP contribution in [0.4, 0.5) is 0 Å². The van der Waals surface area contributed by atoms with Crippen LogP contribution in [0.25, 0.3) is 0 Å². The van der Waals surface area contributed by atoms with E-state index in [1.54, 1.807) is 0 Å². The standard InChI is InChI=1S/C14H26N2O3/c1-11(2)16(9-4-6-12(17)18)13(19)14(3)7-5-8-15-10-14/h11,15H,4-10H2,1-3H3,(H,17,18). The van der Waals surface area contributed by atoms with Crippen LogP contribution < -0.4 is 5.32 Å². The lowest BCUT2D eigenvalue weighted by molar-refractivity contribution is -0.145. The number of carboxylic acid groups (broad SMARTS) is 1. The van der Waals surface area contributed by atoms with Crippen LogP contribution in [0.3, 0.4) is 0 Å². The Morgan fingerprint density at radius 2 is 2.11 bits per heavy atom. The first-order chi connectivity index (χ1) is 8.87. The molecule has 1 aliphatic heterocycles. The normalized spacial score (nSPS) is 23.4. The lowest BCUT2D eigenvalue weighted by atomic mass is 9.81. The lowest BCUT2D eigenvalue weighted by Gasteiger charge is -2.39. The summed E-state index contributed by atoms with van der Waals surface area (Å²) in [5, 5.41) is 12.0. The summed E-state index contributed by atoms with van der Waals surface area (Å²) >= 11 is 0. The van der Waals surface area contributed by atoms with Crippen LogP contribution in [-0.4, -0.2) is 47.6 Å². The fourth-order valence-corrected chi connectivity index (χ4v) is 2.58. The number of amides is 1. The molecule has 1 atom stereocenters. The van der Waals surface area contributed by atoms with Gasteiger partial charge in [-0.1, -0.05) is 0 Å². The van der Waals surface area contributed by atoms with Crippen molar-refractivity contribution >= 4 is 11.9 Å². The number of rotatable bonds is 6. The maximum absolute atomic E-state index is 12.7. The topological polar surface area (TPSA) is 69.6 Å². The third-order valence-electron chi connectivity index (χ3n) is 3.79. The zero-order valence-electron chi connectivity index (χ0n) is 12.2. The van der Waals surface area contributed by atoms with Crippen LogP contribution >= 0.6 is 0 Å². The predicted molar refractivity (Wildman–Crippen MR) is 73.9 cm³/mol. The number of nitrogens with zero attached hydrogens (tertiary/aromatic N) is 1. The summed E-state index contributed by atoms with van der Waals surface area (Å²) in [5.41, 5.74) is -0.342. The summed E-state index contributed by atoms with van der Waals surface area (Å²) in [6, 6.07) is 0.111. The Hall–Kier alpha value is -1.10. The Morgan fingerprint density at radius 1 is 1.42 bits per heavy atom. The van der Waals surface area contributed by atoms with Gasteiger partial charge in [0, 0.05) is 25.6 Å². The molecule has 0 aromatic heterocycles. The maximum Gasteiger partial charge on any atom is 0.303 e. The zero-order chi connectivity index (χ0) is 14.5. The molecule has 1 saturated heterocycles.